The third-order valence-corrected chi connectivity index (χ3v) is 2.39. The van der Waals surface area contributed by atoms with Crippen molar-refractivity contribution in [2.75, 3.05) is 19.0 Å². The standard InChI is InChI=1S/C12H13F4NO2/c1-19-11(18)3-2-6-17-10-7-8(12(14,15)16)4-5-9(10)13/h4-5,7,17H,2-3,6H2,1H3. The maximum Gasteiger partial charge on any atom is 0.416 e. The number of halogens is 4. The Labute approximate surface area is 107 Å². The summed E-state index contributed by atoms with van der Waals surface area (Å²) in [6.45, 7) is 0.174. The van der Waals surface area contributed by atoms with Crippen LogP contribution >= 0.6 is 0 Å². The number of carbonyl (C=O) groups excluding carboxylic acids is 1. The van der Waals surface area contributed by atoms with Crippen molar-refractivity contribution in [2.24, 2.45) is 0 Å². The number of anilines is 1. The van der Waals surface area contributed by atoms with Gasteiger partial charge in [0.2, 0.25) is 0 Å². The highest BCUT2D eigenvalue weighted by Crippen LogP contribution is 2.31. The number of alkyl halides is 3. The van der Waals surface area contributed by atoms with Crippen LogP contribution in [0.4, 0.5) is 23.2 Å². The summed E-state index contributed by atoms with van der Waals surface area (Å²) in [6.07, 6.45) is -4.07. The molecule has 0 radical (unpaired) electrons. The van der Waals surface area contributed by atoms with E-state index in [0.717, 1.165) is 6.07 Å². The monoisotopic (exact) mass is 279 g/mol. The Morgan fingerprint density at radius 2 is 2.05 bits per heavy atom. The first-order valence-corrected chi connectivity index (χ1v) is 5.52. The Kier molecular flexibility index (Phi) is 5.14. The Morgan fingerprint density at radius 3 is 2.63 bits per heavy atom. The number of hydrogen-bond donors (Lipinski definition) is 1. The van der Waals surface area contributed by atoms with Crippen molar-refractivity contribution >= 4 is 11.7 Å². The molecule has 7 heteroatoms. The minimum Gasteiger partial charge on any atom is -0.469 e. The predicted octanol–water partition coefficient (Wildman–Crippen LogP) is 3.21. The van der Waals surface area contributed by atoms with Gasteiger partial charge in [0.15, 0.2) is 0 Å². The molecule has 19 heavy (non-hydrogen) atoms. The lowest BCUT2D eigenvalue weighted by atomic mass is 10.2. The van der Waals surface area contributed by atoms with Crippen molar-refractivity contribution in [3.8, 4) is 0 Å². The number of methoxy groups -OCH3 is 1. The zero-order valence-electron chi connectivity index (χ0n) is 10.2. The molecule has 3 nitrogen and oxygen atoms in total. The van der Waals surface area contributed by atoms with Crippen LogP contribution < -0.4 is 5.32 Å². The molecule has 1 rings (SSSR count). The van der Waals surface area contributed by atoms with Crippen LogP contribution in [0.3, 0.4) is 0 Å². The van der Waals surface area contributed by atoms with Crippen LogP contribution in [-0.2, 0) is 15.7 Å². The van der Waals surface area contributed by atoms with Crippen LogP contribution in [0.25, 0.3) is 0 Å². The molecule has 0 aliphatic heterocycles. The molecule has 0 atom stereocenters. The fraction of sp³-hybridized carbons (Fsp3) is 0.417. The van der Waals surface area contributed by atoms with E-state index in [9.17, 15) is 22.4 Å². The molecule has 0 saturated carbocycles. The second-order valence-electron chi connectivity index (χ2n) is 3.80. The molecule has 106 valence electrons. The maximum atomic E-state index is 13.3. The summed E-state index contributed by atoms with van der Waals surface area (Å²) in [5, 5.41) is 2.52. The minimum atomic E-state index is -4.52. The number of rotatable bonds is 5. The Balaban J connectivity index is 2.60. The molecule has 1 aromatic carbocycles. The third kappa shape index (κ3) is 4.76. The van der Waals surface area contributed by atoms with Gasteiger partial charge in [-0.05, 0) is 24.6 Å². The first-order chi connectivity index (χ1) is 8.84. The fourth-order valence-electron chi connectivity index (χ4n) is 1.39. The van der Waals surface area contributed by atoms with Gasteiger partial charge in [0, 0.05) is 13.0 Å². The van der Waals surface area contributed by atoms with E-state index in [-0.39, 0.29) is 18.7 Å². The molecule has 0 bridgehead atoms. The van der Waals surface area contributed by atoms with Crippen LogP contribution in [0.15, 0.2) is 18.2 Å². The van der Waals surface area contributed by atoms with Crippen LogP contribution in [0.1, 0.15) is 18.4 Å². The highest BCUT2D eigenvalue weighted by atomic mass is 19.4. The van der Waals surface area contributed by atoms with E-state index in [2.05, 4.69) is 10.1 Å². The van der Waals surface area contributed by atoms with E-state index in [1.54, 1.807) is 0 Å². The number of hydrogen-bond acceptors (Lipinski definition) is 3. The van der Waals surface area contributed by atoms with Crippen LogP contribution in [0.5, 0.6) is 0 Å². The van der Waals surface area contributed by atoms with Crippen LogP contribution in [-0.4, -0.2) is 19.6 Å². The smallest absolute Gasteiger partial charge is 0.416 e. The quantitative estimate of drug-likeness (QED) is 0.511. The van der Waals surface area contributed by atoms with Gasteiger partial charge in [-0.3, -0.25) is 4.79 Å². The summed E-state index contributed by atoms with van der Waals surface area (Å²) >= 11 is 0. The predicted molar refractivity (Wildman–Crippen MR) is 61.1 cm³/mol. The minimum absolute atomic E-state index is 0.115. The lowest BCUT2D eigenvalue weighted by Crippen LogP contribution is -2.10. The van der Waals surface area contributed by atoms with Crippen molar-refractivity contribution in [3.63, 3.8) is 0 Å². The van der Waals surface area contributed by atoms with Crippen molar-refractivity contribution in [3.05, 3.63) is 29.6 Å². The molecule has 0 amide bonds. The lowest BCUT2D eigenvalue weighted by molar-refractivity contribution is -0.140. The Bertz CT molecular complexity index is 446. The number of nitrogens with one attached hydrogen (secondary N) is 1. The topological polar surface area (TPSA) is 38.3 Å². The molecule has 0 unspecified atom stereocenters. The molecule has 0 aromatic heterocycles. The van der Waals surface area contributed by atoms with Gasteiger partial charge in [-0.25, -0.2) is 4.39 Å². The highest BCUT2D eigenvalue weighted by Gasteiger charge is 2.31. The van der Waals surface area contributed by atoms with Crippen molar-refractivity contribution in [1.82, 2.24) is 0 Å². The number of ether oxygens (including phenoxy) is 1. The van der Waals surface area contributed by atoms with Crippen LogP contribution in [0, 0.1) is 5.82 Å². The summed E-state index contributed by atoms with van der Waals surface area (Å²) in [4.78, 5) is 10.8. The second kappa shape index (κ2) is 6.40. The van der Waals surface area contributed by atoms with E-state index in [4.69, 9.17) is 0 Å². The van der Waals surface area contributed by atoms with E-state index < -0.39 is 23.5 Å². The molecule has 0 aliphatic rings. The number of carbonyl (C=O) groups is 1. The highest BCUT2D eigenvalue weighted by molar-refractivity contribution is 5.69. The van der Waals surface area contributed by atoms with Gasteiger partial charge in [0.1, 0.15) is 5.82 Å². The summed E-state index contributed by atoms with van der Waals surface area (Å²) in [5.74, 6) is -1.20. The molecular formula is C12H13F4NO2. The first kappa shape index (κ1) is 15.3. The summed E-state index contributed by atoms with van der Waals surface area (Å²) in [5.41, 5.74) is -1.16. The zero-order chi connectivity index (χ0) is 14.5. The summed E-state index contributed by atoms with van der Waals surface area (Å²) < 4.78 is 55.0. The molecular weight excluding hydrogens is 266 g/mol. The molecule has 0 spiro atoms. The lowest BCUT2D eigenvalue weighted by Gasteiger charge is -2.11. The fourth-order valence-corrected chi connectivity index (χ4v) is 1.39. The van der Waals surface area contributed by atoms with Gasteiger partial charge in [0.05, 0.1) is 18.4 Å². The van der Waals surface area contributed by atoms with Gasteiger partial charge >= 0.3 is 12.1 Å². The summed E-state index contributed by atoms with van der Waals surface area (Å²) in [7, 11) is 1.24. The number of esters is 1. The Morgan fingerprint density at radius 1 is 1.37 bits per heavy atom. The van der Waals surface area contributed by atoms with Gasteiger partial charge in [0.25, 0.3) is 0 Å². The molecule has 1 aromatic rings. The first-order valence-electron chi connectivity index (χ1n) is 5.52. The zero-order valence-corrected chi connectivity index (χ0v) is 10.2. The normalized spacial score (nSPS) is 11.2. The van der Waals surface area contributed by atoms with E-state index in [1.807, 2.05) is 0 Å². The summed E-state index contributed by atoms with van der Waals surface area (Å²) in [6, 6.07) is 2.13. The molecule has 0 heterocycles. The SMILES string of the molecule is COC(=O)CCCNc1cc(C(F)(F)F)ccc1F. The molecule has 0 aliphatic carbocycles. The average molecular weight is 279 g/mol. The van der Waals surface area contributed by atoms with Crippen molar-refractivity contribution in [2.45, 2.75) is 19.0 Å². The van der Waals surface area contributed by atoms with Gasteiger partial charge in [-0.1, -0.05) is 0 Å². The average Bonchev–Trinajstić information content (AvgIpc) is 2.34. The van der Waals surface area contributed by atoms with Gasteiger partial charge < -0.3 is 10.1 Å². The number of benzene rings is 1. The van der Waals surface area contributed by atoms with Crippen molar-refractivity contribution in [1.29, 1.82) is 0 Å². The second-order valence-corrected chi connectivity index (χ2v) is 3.80. The maximum absolute atomic E-state index is 13.3. The van der Waals surface area contributed by atoms with Gasteiger partial charge in [-0.15, -0.1) is 0 Å². The largest absolute Gasteiger partial charge is 0.469 e. The molecule has 0 fully saturated rings. The molecule has 1 N–H and O–H groups in total. The van der Waals surface area contributed by atoms with Gasteiger partial charge in [-0.2, -0.15) is 13.2 Å². The Hall–Kier alpha value is -1.79. The van der Waals surface area contributed by atoms with E-state index >= 15 is 0 Å². The van der Waals surface area contributed by atoms with Crippen LogP contribution in [0.2, 0.25) is 0 Å². The van der Waals surface area contributed by atoms with E-state index in [1.165, 1.54) is 7.11 Å². The third-order valence-electron chi connectivity index (χ3n) is 2.39. The van der Waals surface area contributed by atoms with E-state index in [0.29, 0.717) is 18.6 Å². The van der Waals surface area contributed by atoms with Crippen molar-refractivity contribution < 1.29 is 27.1 Å². The molecule has 0 saturated heterocycles.